The molecule has 0 spiro atoms. The Bertz CT molecular complexity index is 354. The normalized spacial score (nSPS) is 14.1. The molecule has 19 heavy (non-hydrogen) atoms. The average Bonchev–Trinajstić information content (AvgIpc) is 2.87. The van der Waals surface area contributed by atoms with Crippen LogP contribution in [-0.2, 0) is 11.3 Å². The van der Waals surface area contributed by atoms with Gasteiger partial charge in [-0.15, -0.1) is 0 Å². The fraction of sp³-hybridized carbons (Fsp3) is 0.692. The Hall–Kier alpha value is -1.40. The largest absolute Gasteiger partial charge is 0.390 e. The molecule has 1 aromatic heterocycles. The van der Waals surface area contributed by atoms with Crippen molar-refractivity contribution in [3.63, 3.8) is 0 Å². The molecule has 0 saturated carbocycles. The topological polar surface area (TPSA) is 79.2 Å². The number of nitrogens with zero attached hydrogens (tertiary/aromatic N) is 2. The van der Waals surface area contributed by atoms with Gasteiger partial charge in [-0.25, -0.2) is 0 Å². The zero-order valence-electron chi connectivity index (χ0n) is 11.7. The molecule has 0 radical (unpaired) electrons. The van der Waals surface area contributed by atoms with E-state index in [1.807, 2.05) is 26.1 Å². The number of aromatic nitrogens is 2. The smallest absolute Gasteiger partial charge is 0.221 e. The Morgan fingerprint density at radius 1 is 1.53 bits per heavy atom. The SMILES string of the molecule is CCC(C)NC(=O)CCNCC(O)Cn1cccn1. The minimum absolute atomic E-state index is 0.0448. The summed E-state index contributed by atoms with van der Waals surface area (Å²) in [5.74, 6) is 0.0448. The van der Waals surface area contributed by atoms with Crippen LogP contribution in [-0.4, -0.2) is 46.0 Å². The zero-order chi connectivity index (χ0) is 14.1. The van der Waals surface area contributed by atoms with Crippen LogP contribution >= 0.6 is 0 Å². The quantitative estimate of drug-likeness (QED) is 0.557. The Balaban J connectivity index is 2.05. The van der Waals surface area contributed by atoms with Gasteiger partial charge in [-0.05, 0) is 19.4 Å². The van der Waals surface area contributed by atoms with Crippen molar-refractivity contribution in [1.82, 2.24) is 20.4 Å². The van der Waals surface area contributed by atoms with Crippen molar-refractivity contribution in [2.24, 2.45) is 0 Å². The lowest BCUT2D eigenvalue weighted by molar-refractivity contribution is -0.121. The summed E-state index contributed by atoms with van der Waals surface area (Å²) in [5.41, 5.74) is 0. The van der Waals surface area contributed by atoms with E-state index in [0.29, 0.717) is 26.1 Å². The molecule has 2 atom stereocenters. The summed E-state index contributed by atoms with van der Waals surface area (Å²) in [4.78, 5) is 11.5. The lowest BCUT2D eigenvalue weighted by atomic mass is 10.2. The monoisotopic (exact) mass is 268 g/mol. The van der Waals surface area contributed by atoms with E-state index in [0.717, 1.165) is 6.42 Å². The fourth-order valence-corrected chi connectivity index (χ4v) is 1.61. The summed E-state index contributed by atoms with van der Waals surface area (Å²) in [6.07, 6.45) is 4.35. The van der Waals surface area contributed by atoms with Gasteiger partial charge in [0.05, 0.1) is 12.6 Å². The first-order valence-corrected chi connectivity index (χ1v) is 6.77. The van der Waals surface area contributed by atoms with Gasteiger partial charge in [0.2, 0.25) is 5.91 Å². The molecular formula is C13H24N4O2. The third-order valence-corrected chi connectivity index (χ3v) is 2.89. The van der Waals surface area contributed by atoms with Crippen molar-refractivity contribution in [2.75, 3.05) is 13.1 Å². The molecule has 0 aromatic carbocycles. The molecule has 108 valence electrons. The number of amides is 1. The third-order valence-electron chi connectivity index (χ3n) is 2.89. The second-order valence-electron chi connectivity index (χ2n) is 4.71. The molecule has 3 N–H and O–H groups in total. The molecule has 0 aliphatic heterocycles. The maximum absolute atomic E-state index is 11.5. The highest BCUT2D eigenvalue weighted by Gasteiger charge is 2.07. The number of nitrogens with one attached hydrogen (secondary N) is 2. The van der Waals surface area contributed by atoms with Gasteiger partial charge in [0.15, 0.2) is 0 Å². The first-order valence-electron chi connectivity index (χ1n) is 6.77. The van der Waals surface area contributed by atoms with E-state index in [2.05, 4.69) is 15.7 Å². The summed E-state index contributed by atoms with van der Waals surface area (Å²) in [5, 5.41) is 19.7. The molecule has 0 fully saturated rings. The fourth-order valence-electron chi connectivity index (χ4n) is 1.61. The Kier molecular flexibility index (Phi) is 7.14. The van der Waals surface area contributed by atoms with Crippen molar-refractivity contribution in [1.29, 1.82) is 0 Å². The molecule has 2 unspecified atom stereocenters. The first kappa shape index (κ1) is 15.7. The van der Waals surface area contributed by atoms with E-state index in [-0.39, 0.29) is 11.9 Å². The molecule has 0 aliphatic rings. The lowest BCUT2D eigenvalue weighted by Crippen LogP contribution is -2.36. The van der Waals surface area contributed by atoms with Gasteiger partial charge in [-0.1, -0.05) is 6.92 Å². The molecule has 0 saturated heterocycles. The van der Waals surface area contributed by atoms with E-state index in [9.17, 15) is 9.90 Å². The average molecular weight is 268 g/mol. The van der Waals surface area contributed by atoms with Crippen LogP contribution in [0.1, 0.15) is 26.7 Å². The molecule has 6 heteroatoms. The van der Waals surface area contributed by atoms with Crippen molar-refractivity contribution in [2.45, 2.75) is 45.4 Å². The number of carbonyl (C=O) groups excluding carboxylic acids is 1. The summed E-state index contributed by atoms with van der Waals surface area (Å²) < 4.78 is 1.68. The van der Waals surface area contributed by atoms with Crippen LogP contribution in [0, 0.1) is 0 Å². The Morgan fingerprint density at radius 3 is 2.95 bits per heavy atom. The number of aliphatic hydroxyl groups is 1. The molecule has 1 rings (SSSR count). The van der Waals surface area contributed by atoms with Crippen LogP contribution < -0.4 is 10.6 Å². The number of aliphatic hydroxyl groups excluding tert-OH is 1. The van der Waals surface area contributed by atoms with Crippen molar-refractivity contribution < 1.29 is 9.90 Å². The molecule has 1 aromatic rings. The number of hydrogen-bond donors (Lipinski definition) is 3. The second-order valence-corrected chi connectivity index (χ2v) is 4.71. The highest BCUT2D eigenvalue weighted by molar-refractivity contribution is 5.76. The summed E-state index contributed by atoms with van der Waals surface area (Å²) in [6.45, 7) is 5.50. The molecular weight excluding hydrogens is 244 g/mol. The predicted octanol–water partition coefficient (Wildman–Crippen LogP) is 0.138. The van der Waals surface area contributed by atoms with E-state index in [4.69, 9.17) is 0 Å². The van der Waals surface area contributed by atoms with E-state index in [1.165, 1.54) is 0 Å². The maximum Gasteiger partial charge on any atom is 0.221 e. The number of hydrogen-bond acceptors (Lipinski definition) is 4. The van der Waals surface area contributed by atoms with Gasteiger partial charge in [0.1, 0.15) is 0 Å². The van der Waals surface area contributed by atoms with Crippen molar-refractivity contribution in [3.8, 4) is 0 Å². The van der Waals surface area contributed by atoms with E-state index >= 15 is 0 Å². The standard InChI is InChI=1S/C13H24N4O2/c1-3-11(2)16-13(19)5-7-14-9-12(18)10-17-8-4-6-15-17/h4,6,8,11-12,14,18H,3,5,7,9-10H2,1-2H3,(H,16,19). The maximum atomic E-state index is 11.5. The Labute approximate surface area is 114 Å². The van der Waals surface area contributed by atoms with Gasteiger partial charge in [0.25, 0.3) is 0 Å². The molecule has 0 bridgehead atoms. The van der Waals surface area contributed by atoms with Crippen LogP contribution in [0.25, 0.3) is 0 Å². The van der Waals surface area contributed by atoms with Crippen LogP contribution in [0.15, 0.2) is 18.5 Å². The zero-order valence-corrected chi connectivity index (χ0v) is 11.7. The van der Waals surface area contributed by atoms with Gasteiger partial charge in [0, 0.05) is 37.9 Å². The first-order chi connectivity index (χ1) is 9.11. The van der Waals surface area contributed by atoms with Crippen molar-refractivity contribution in [3.05, 3.63) is 18.5 Å². The van der Waals surface area contributed by atoms with Crippen LogP contribution in [0.4, 0.5) is 0 Å². The minimum atomic E-state index is -0.502. The lowest BCUT2D eigenvalue weighted by Gasteiger charge is -2.13. The minimum Gasteiger partial charge on any atom is -0.390 e. The van der Waals surface area contributed by atoms with Gasteiger partial charge in [-0.3, -0.25) is 9.48 Å². The van der Waals surface area contributed by atoms with Crippen LogP contribution in [0.3, 0.4) is 0 Å². The summed E-state index contributed by atoms with van der Waals surface area (Å²) in [7, 11) is 0. The Morgan fingerprint density at radius 2 is 2.32 bits per heavy atom. The van der Waals surface area contributed by atoms with Crippen LogP contribution in [0.5, 0.6) is 0 Å². The van der Waals surface area contributed by atoms with Gasteiger partial charge >= 0.3 is 0 Å². The highest BCUT2D eigenvalue weighted by Crippen LogP contribution is 1.91. The highest BCUT2D eigenvalue weighted by atomic mass is 16.3. The molecule has 0 aliphatic carbocycles. The predicted molar refractivity (Wildman–Crippen MR) is 73.6 cm³/mol. The van der Waals surface area contributed by atoms with Crippen LogP contribution in [0.2, 0.25) is 0 Å². The summed E-state index contributed by atoms with van der Waals surface area (Å²) in [6, 6.07) is 2.04. The third kappa shape index (κ3) is 6.93. The molecule has 1 amide bonds. The van der Waals surface area contributed by atoms with Crippen molar-refractivity contribution >= 4 is 5.91 Å². The second kappa shape index (κ2) is 8.66. The summed E-state index contributed by atoms with van der Waals surface area (Å²) >= 11 is 0. The van der Waals surface area contributed by atoms with E-state index in [1.54, 1.807) is 10.9 Å². The molecule has 6 nitrogen and oxygen atoms in total. The van der Waals surface area contributed by atoms with Gasteiger partial charge < -0.3 is 15.7 Å². The molecule has 1 heterocycles. The van der Waals surface area contributed by atoms with E-state index < -0.39 is 6.10 Å². The number of rotatable bonds is 9. The number of carbonyl (C=O) groups is 1. The van der Waals surface area contributed by atoms with Gasteiger partial charge in [-0.2, -0.15) is 5.10 Å².